The number of hydrogen-bond acceptors (Lipinski definition) is 8. The quantitative estimate of drug-likeness (QED) is 0.180. The van der Waals surface area contributed by atoms with E-state index in [1.165, 1.54) is 6.07 Å². The highest BCUT2D eigenvalue weighted by Gasteiger charge is 2.36. The van der Waals surface area contributed by atoms with Crippen molar-refractivity contribution < 1.29 is 33.6 Å². The number of ether oxygens (including phenoxy) is 3. The van der Waals surface area contributed by atoms with Gasteiger partial charge in [0.25, 0.3) is 0 Å². The second kappa shape index (κ2) is 11.6. The zero-order valence-electron chi connectivity index (χ0n) is 22.9. The molecule has 1 saturated heterocycles. The summed E-state index contributed by atoms with van der Waals surface area (Å²) in [5.41, 5.74) is 1.47. The number of carboxylic acids is 1. The molecular formula is C33H29NO8. The Balaban J connectivity index is 1.37. The number of β-amino-alcohol motifs (C(OH)–C–C–N with tert-alkyl or cyclic N) is 1. The molecule has 2 N–H and O–H groups in total. The maximum Gasteiger partial charge on any atom is 0.339 e. The van der Waals surface area contributed by atoms with Gasteiger partial charge in [-0.1, -0.05) is 48.5 Å². The lowest BCUT2D eigenvalue weighted by Gasteiger charge is -2.23. The van der Waals surface area contributed by atoms with Gasteiger partial charge in [0.1, 0.15) is 41.2 Å². The molecule has 214 valence electrons. The lowest BCUT2D eigenvalue weighted by atomic mass is 10.1. The van der Waals surface area contributed by atoms with Gasteiger partial charge in [-0.05, 0) is 35.2 Å². The fourth-order valence-electron chi connectivity index (χ4n) is 5.33. The zero-order valence-corrected chi connectivity index (χ0v) is 22.9. The first-order chi connectivity index (χ1) is 20.4. The predicted molar refractivity (Wildman–Crippen MR) is 156 cm³/mol. The van der Waals surface area contributed by atoms with Gasteiger partial charge in [0.05, 0.1) is 24.7 Å². The van der Waals surface area contributed by atoms with Crippen LogP contribution in [0, 0.1) is 0 Å². The molecule has 1 aliphatic rings. The van der Waals surface area contributed by atoms with E-state index in [0.29, 0.717) is 40.4 Å². The van der Waals surface area contributed by atoms with Crippen LogP contribution in [0.2, 0.25) is 0 Å². The minimum atomic E-state index is -0.994. The normalized spacial score (nSPS) is 17.0. The predicted octanol–water partition coefficient (Wildman–Crippen LogP) is 5.35. The van der Waals surface area contributed by atoms with Crippen LogP contribution in [0.25, 0.3) is 21.7 Å². The van der Waals surface area contributed by atoms with Gasteiger partial charge in [-0.25, -0.2) is 4.79 Å². The number of carboxylic acid groups (broad SMARTS) is 1. The molecule has 0 saturated carbocycles. The van der Waals surface area contributed by atoms with Gasteiger partial charge < -0.3 is 28.8 Å². The summed E-state index contributed by atoms with van der Waals surface area (Å²) >= 11 is 0. The molecule has 9 nitrogen and oxygen atoms in total. The monoisotopic (exact) mass is 567 g/mol. The van der Waals surface area contributed by atoms with Gasteiger partial charge in [0.2, 0.25) is 0 Å². The van der Waals surface area contributed by atoms with Crippen LogP contribution < -0.4 is 19.8 Å². The smallest absolute Gasteiger partial charge is 0.339 e. The van der Waals surface area contributed by atoms with Crippen molar-refractivity contribution in [3.8, 4) is 23.0 Å². The largest absolute Gasteiger partial charge is 0.497 e. The highest BCUT2D eigenvalue weighted by Crippen LogP contribution is 2.37. The van der Waals surface area contributed by atoms with Crippen molar-refractivity contribution in [3.63, 3.8) is 0 Å². The summed E-state index contributed by atoms with van der Waals surface area (Å²) < 4.78 is 23.3. The van der Waals surface area contributed by atoms with Gasteiger partial charge in [-0.3, -0.25) is 9.69 Å². The lowest BCUT2D eigenvalue weighted by molar-refractivity contribution is -0.142. The maximum absolute atomic E-state index is 12.6. The Kier molecular flexibility index (Phi) is 7.52. The molecule has 5 aromatic rings. The number of benzene rings is 4. The van der Waals surface area contributed by atoms with Crippen LogP contribution in [-0.4, -0.2) is 46.9 Å². The highest BCUT2D eigenvalue weighted by atomic mass is 16.5. The Bertz CT molecular complexity index is 1810. The van der Waals surface area contributed by atoms with Gasteiger partial charge in [-0.2, -0.15) is 0 Å². The molecule has 1 aromatic heterocycles. The number of carbonyl (C=O) groups is 1. The van der Waals surface area contributed by atoms with E-state index in [9.17, 15) is 19.8 Å². The SMILES string of the molecule is COc1ccc(COc2ccc(CN3C[C@H](O)C[C@H]3C(=O)O)c(Oc3cc(=O)oc4c3ccc3ccccc34)c2)cc1. The number of hydrogen-bond donors (Lipinski definition) is 2. The summed E-state index contributed by atoms with van der Waals surface area (Å²) in [5, 5.41) is 22.2. The fraction of sp³-hybridized carbons (Fsp3) is 0.212. The summed E-state index contributed by atoms with van der Waals surface area (Å²) in [6, 6.07) is 24.7. The standard InChI is InChI=1S/C33H29NO8/c1-39-24-10-6-20(7-11-24)19-40-25-12-8-22(17-34-18-23(35)14-28(34)33(37)38)29(15-25)41-30-16-31(36)42-32-26-5-3-2-4-21(26)9-13-27(30)32/h2-13,15-16,23,28,35H,14,17-19H2,1H3,(H,37,38)/t23-,28+/m1/s1. The molecule has 42 heavy (non-hydrogen) atoms. The van der Waals surface area contributed by atoms with Gasteiger partial charge in [0.15, 0.2) is 0 Å². The number of nitrogens with zero attached hydrogens (tertiary/aromatic N) is 1. The number of aliphatic carboxylic acids is 1. The summed E-state index contributed by atoms with van der Waals surface area (Å²) in [5.74, 6) is 0.980. The van der Waals surface area contributed by atoms with Gasteiger partial charge in [-0.15, -0.1) is 0 Å². The maximum atomic E-state index is 12.6. The average molecular weight is 568 g/mol. The summed E-state index contributed by atoms with van der Waals surface area (Å²) in [4.78, 5) is 26.2. The van der Waals surface area contributed by atoms with Crippen LogP contribution in [0.3, 0.4) is 0 Å². The molecule has 4 aromatic carbocycles. The first-order valence-electron chi connectivity index (χ1n) is 13.5. The minimum absolute atomic E-state index is 0.145. The van der Waals surface area contributed by atoms with E-state index < -0.39 is 23.7 Å². The minimum Gasteiger partial charge on any atom is -0.497 e. The lowest BCUT2D eigenvalue weighted by Crippen LogP contribution is -2.35. The van der Waals surface area contributed by atoms with Crippen molar-refractivity contribution in [2.24, 2.45) is 0 Å². The fourth-order valence-corrected chi connectivity index (χ4v) is 5.33. The first-order valence-corrected chi connectivity index (χ1v) is 13.5. The first kappa shape index (κ1) is 27.3. The second-order valence-corrected chi connectivity index (χ2v) is 10.3. The van der Waals surface area contributed by atoms with E-state index in [1.54, 1.807) is 24.1 Å². The van der Waals surface area contributed by atoms with Crippen molar-refractivity contribution >= 4 is 27.7 Å². The van der Waals surface area contributed by atoms with E-state index in [4.69, 9.17) is 18.6 Å². The molecule has 2 heterocycles. The van der Waals surface area contributed by atoms with E-state index in [1.807, 2.05) is 66.7 Å². The van der Waals surface area contributed by atoms with Crippen LogP contribution in [0.5, 0.6) is 23.0 Å². The third-order valence-corrected chi connectivity index (χ3v) is 7.46. The zero-order chi connectivity index (χ0) is 29.2. The van der Waals surface area contributed by atoms with Crippen LogP contribution in [0.15, 0.2) is 94.1 Å². The Hall–Kier alpha value is -4.86. The summed E-state index contributed by atoms with van der Waals surface area (Å²) in [6.45, 7) is 0.729. The van der Waals surface area contributed by atoms with Crippen molar-refractivity contribution in [1.82, 2.24) is 4.90 Å². The molecule has 0 amide bonds. The average Bonchev–Trinajstić information content (AvgIpc) is 3.37. The number of aliphatic hydroxyl groups is 1. The number of fused-ring (bicyclic) bond motifs is 3. The molecule has 0 aliphatic carbocycles. The number of methoxy groups -OCH3 is 1. The third kappa shape index (κ3) is 5.65. The van der Waals surface area contributed by atoms with Crippen molar-refractivity contribution in [2.75, 3.05) is 13.7 Å². The van der Waals surface area contributed by atoms with Crippen LogP contribution in [-0.2, 0) is 17.9 Å². The third-order valence-electron chi connectivity index (χ3n) is 7.46. The molecule has 0 unspecified atom stereocenters. The Morgan fingerprint density at radius 2 is 1.74 bits per heavy atom. The molecule has 1 fully saturated rings. The second-order valence-electron chi connectivity index (χ2n) is 10.3. The van der Waals surface area contributed by atoms with Gasteiger partial charge >= 0.3 is 11.6 Å². The molecule has 0 spiro atoms. The topological polar surface area (TPSA) is 119 Å². The van der Waals surface area contributed by atoms with Gasteiger partial charge in [0, 0.05) is 36.5 Å². The van der Waals surface area contributed by atoms with E-state index in [2.05, 4.69) is 0 Å². The number of likely N-dealkylation sites (tertiary alicyclic amines) is 1. The van der Waals surface area contributed by atoms with E-state index in [-0.39, 0.29) is 19.5 Å². The van der Waals surface area contributed by atoms with Crippen molar-refractivity contribution in [1.29, 1.82) is 0 Å². The Labute approximate surface area is 241 Å². The van der Waals surface area contributed by atoms with Crippen LogP contribution in [0.4, 0.5) is 0 Å². The molecular weight excluding hydrogens is 538 g/mol. The van der Waals surface area contributed by atoms with E-state index in [0.717, 1.165) is 22.1 Å². The van der Waals surface area contributed by atoms with Crippen molar-refractivity contribution in [2.45, 2.75) is 31.7 Å². The number of rotatable bonds is 9. The van der Waals surface area contributed by atoms with Crippen LogP contribution >= 0.6 is 0 Å². The summed E-state index contributed by atoms with van der Waals surface area (Å²) in [7, 11) is 1.61. The molecule has 9 heteroatoms. The molecule has 2 atom stereocenters. The molecule has 0 radical (unpaired) electrons. The van der Waals surface area contributed by atoms with Crippen LogP contribution in [0.1, 0.15) is 17.5 Å². The Morgan fingerprint density at radius 1 is 0.952 bits per heavy atom. The Morgan fingerprint density at radius 3 is 2.52 bits per heavy atom. The molecule has 0 bridgehead atoms. The molecule has 6 rings (SSSR count). The van der Waals surface area contributed by atoms with Crippen molar-refractivity contribution in [3.05, 3.63) is 106 Å². The number of aliphatic hydroxyl groups excluding tert-OH is 1. The molecule has 1 aliphatic heterocycles. The summed E-state index contributed by atoms with van der Waals surface area (Å²) in [6.07, 6.45) is -0.593. The van der Waals surface area contributed by atoms with E-state index >= 15 is 0 Å². The highest BCUT2D eigenvalue weighted by molar-refractivity contribution is 6.05.